The molecule has 0 spiro atoms. The lowest BCUT2D eigenvalue weighted by atomic mass is 10.0. The molecule has 1 atom stereocenters. The van der Waals surface area contributed by atoms with Crippen LogP contribution in [0.5, 0.6) is 5.88 Å². The van der Waals surface area contributed by atoms with E-state index >= 15 is 0 Å². The summed E-state index contributed by atoms with van der Waals surface area (Å²) in [6.45, 7) is 5.57. The Morgan fingerprint density at radius 3 is 2.71 bits per heavy atom. The molecule has 0 bridgehead atoms. The van der Waals surface area contributed by atoms with Gasteiger partial charge in [0, 0.05) is 18.9 Å². The largest absolute Gasteiger partial charge is 0.473 e. The van der Waals surface area contributed by atoms with E-state index in [-0.39, 0.29) is 23.8 Å². The van der Waals surface area contributed by atoms with Crippen molar-refractivity contribution in [1.82, 2.24) is 19.9 Å². The summed E-state index contributed by atoms with van der Waals surface area (Å²) >= 11 is 0. The molecule has 1 saturated carbocycles. The number of nitrogens with one attached hydrogen (secondary N) is 1. The van der Waals surface area contributed by atoms with Crippen molar-refractivity contribution in [3.05, 3.63) is 12.4 Å². The molecule has 1 aliphatic carbocycles. The predicted molar refractivity (Wildman–Crippen MR) is 105 cm³/mol. The molecule has 148 valence electrons. The predicted octanol–water partition coefficient (Wildman–Crippen LogP) is 2.20. The van der Waals surface area contributed by atoms with E-state index < -0.39 is 0 Å². The minimum absolute atomic E-state index is 0.0191. The number of anilines is 3. The average Bonchev–Trinajstić information content (AvgIpc) is 3.31. The van der Waals surface area contributed by atoms with Crippen LogP contribution in [0.15, 0.2) is 12.4 Å². The van der Waals surface area contributed by atoms with Crippen LogP contribution in [0.1, 0.15) is 39.5 Å². The molecule has 2 aromatic rings. The fraction of sp³-hybridized carbons (Fsp3) is 0.579. The first kappa shape index (κ1) is 17.4. The van der Waals surface area contributed by atoms with Crippen molar-refractivity contribution in [3.8, 4) is 17.3 Å². The van der Waals surface area contributed by atoms with Crippen molar-refractivity contribution in [3.63, 3.8) is 0 Å². The molecule has 4 heterocycles. The Kier molecular flexibility index (Phi) is 4.01. The molecular formula is C19H25N7O2. The van der Waals surface area contributed by atoms with Gasteiger partial charge >= 0.3 is 0 Å². The minimum Gasteiger partial charge on any atom is -0.473 e. The van der Waals surface area contributed by atoms with Crippen LogP contribution in [0, 0.1) is 0 Å². The number of morpholine rings is 1. The Morgan fingerprint density at radius 1 is 1.21 bits per heavy atom. The third-order valence-corrected chi connectivity index (χ3v) is 5.70. The number of nitrogens with two attached hydrogens (primary N) is 1. The zero-order valence-electron chi connectivity index (χ0n) is 16.2. The molecule has 2 aliphatic heterocycles. The lowest BCUT2D eigenvalue weighted by molar-refractivity contribution is -0.0489. The van der Waals surface area contributed by atoms with Crippen molar-refractivity contribution in [2.45, 2.75) is 57.4 Å². The van der Waals surface area contributed by atoms with Crippen molar-refractivity contribution >= 4 is 17.5 Å². The topological polar surface area (TPSA) is 111 Å². The second kappa shape index (κ2) is 6.44. The highest BCUT2D eigenvalue weighted by molar-refractivity contribution is 5.79. The van der Waals surface area contributed by atoms with Gasteiger partial charge in [0.25, 0.3) is 0 Å². The minimum atomic E-state index is -0.353. The second-order valence-corrected chi connectivity index (χ2v) is 8.10. The van der Waals surface area contributed by atoms with Gasteiger partial charge in [-0.1, -0.05) is 0 Å². The van der Waals surface area contributed by atoms with Gasteiger partial charge in [-0.3, -0.25) is 0 Å². The average molecular weight is 383 g/mol. The smallest absolute Gasteiger partial charge is 0.243 e. The fourth-order valence-electron chi connectivity index (χ4n) is 4.20. The number of nitrogens with zero attached hydrogens (tertiary/aromatic N) is 5. The van der Waals surface area contributed by atoms with Crippen LogP contribution in [-0.2, 0) is 4.74 Å². The summed E-state index contributed by atoms with van der Waals surface area (Å²) < 4.78 is 12.3. The van der Waals surface area contributed by atoms with E-state index in [0.717, 1.165) is 30.9 Å². The highest BCUT2D eigenvalue weighted by atomic mass is 16.5. The van der Waals surface area contributed by atoms with Gasteiger partial charge in [-0.15, -0.1) is 0 Å². The Balaban J connectivity index is 1.59. The highest BCUT2D eigenvalue weighted by Gasteiger charge is 2.46. The first-order chi connectivity index (χ1) is 13.5. The second-order valence-electron chi connectivity index (χ2n) is 8.10. The van der Waals surface area contributed by atoms with E-state index in [1.165, 1.54) is 12.8 Å². The van der Waals surface area contributed by atoms with Crippen LogP contribution in [0.3, 0.4) is 0 Å². The molecule has 28 heavy (non-hydrogen) atoms. The Labute approximate surface area is 163 Å². The van der Waals surface area contributed by atoms with E-state index in [4.69, 9.17) is 25.2 Å². The number of fused-ring (bicyclic) bond motifs is 3. The van der Waals surface area contributed by atoms with Gasteiger partial charge in [0.05, 0.1) is 12.2 Å². The summed E-state index contributed by atoms with van der Waals surface area (Å²) in [6.07, 6.45) is 7.97. The van der Waals surface area contributed by atoms with E-state index in [0.29, 0.717) is 23.9 Å². The van der Waals surface area contributed by atoms with Crippen molar-refractivity contribution < 1.29 is 9.47 Å². The standard InChI is InChI=1S/C19H25N7O2/c1-19(2)17-23-13-15(26(17)7-8-27-19)24-14(11-9-21-18(20)22-10-11)25-16(13)28-12-5-3-4-6-12/h9-10,12,17,23H,3-8H2,1-2H3,(H2,20,21,22). The lowest BCUT2D eigenvalue weighted by Crippen LogP contribution is -2.58. The number of hydrogen-bond acceptors (Lipinski definition) is 9. The number of ether oxygens (including phenoxy) is 2. The highest BCUT2D eigenvalue weighted by Crippen LogP contribution is 2.45. The van der Waals surface area contributed by atoms with Gasteiger partial charge in [-0.2, -0.15) is 4.98 Å². The molecule has 3 aliphatic rings. The summed E-state index contributed by atoms with van der Waals surface area (Å²) in [5, 5.41) is 3.56. The Morgan fingerprint density at radius 2 is 1.96 bits per heavy atom. The third kappa shape index (κ3) is 2.90. The molecular weight excluding hydrogens is 358 g/mol. The van der Waals surface area contributed by atoms with Crippen LogP contribution >= 0.6 is 0 Å². The van der Waals surface area contributed by atoms with Gasteiger partial charge < -0.3 is 25.4 Å². The first-order valence-corrected chi connectivity index (χ1v) is 9.85. The monoisotopic (exact) mass is 383 g/mol. The maximum absolute atomic E-state index is 6.33. The Hall–Kier alpha value is -2.68. The SMILES string of the molecule is CC1(C)OCCN2c3nc(-c4cnc(N)nc4)nc(OC4CCCC4)c3NC21. The maximum atomic E-state index is 6.33. The van der Waals surface area contributed by atoms with Gasteiger partial charge in [0.2, 0.25) is 11.8 Å². The van der Waals surface area contributed by atoms with Crippen LogP contribution in [0.2, 0.25) is 0 Å². The number of hydrogen-bond donors (Lipinski definition) is 2. The van der Waals surface area contributed by atoms with Crippen LogP contribution in [-0.4, -0.2) is 51.0 Å². The van der Waals surface area contributed by atoms with E-state index in [9.17, 15) is 0 Å². The van der Waals surface area contributed by atoms with Gasteiger partial charge in [0.1, 0.15) is 23.6 Å². The summed E-state index contributed by atoms with van der Waals surface area (Å²) in [7, 11) is 0. The zero-order chi connectivity index (χ0) is 19.3. The number of nitrogen functional groups attached to an aromatic ring is 1. The molecule has 5 rings (SSSR count). The van der Waals surface area contributed by atoms with E-state index in [1.807, 2.05) is 0 Å². The summed E-state index contributed by atoms with van der Waals surface area (Å²) in [4.78, 5) is 20.0. The van der Waals surface area contributed by atoms with Gasteiger partial charge in [-0.05, 0) is 39.5 Å². The van der Waals surface area contributed by atoms with Crippen LogP contribution < -0.4 is 20.7 Å². The molecule has 0 aromatic carbocycles. The van der Waals surface area contributed by atoms with Crippen LogP contribution in [0.25, 0.3) is 11.4 Å². The first-order valence-electron chi connectivity index (χ1n) is 9.85. The maximum Gasteiger partial charge on any atom is 0.243 e. The molecule has 1 saturated heterocycles. The summed E-state index contributed by atoms with van der Waals surface area (Å²) in [6, 6.07) is 0. The quantitative estimate of drug-likeness (QED) is 0.824. The van der Waals surface area contributed by atoms with Gasteiger partial charge in [-0.25, -0.2) is 15.0 Å². The summed E-state index contributed by atoms with van der Waals surface area (Å²) in [5.74, 6) is 2.20. The van der Waals surface area contributed by atoms with Crippen LogP contribution in [0.4, 0.5) is 17.5 Å². The molecule has 0 amide bonds. The normalized spacial score (nSPS) is 23.2. The third-order valence-electron chi connectivity index (χ3n) is 5.70. The molecule has 1 unspecified atom stereocenters. The van der Waals surface area contributed by atoms with Crippen molar-refractivity contribution in [2.75, 3.05) is 29.1 Å². The molecule has 9 nitrogen and oxygen atoms in total. The lowest BCUT2D eigenvalue weighted by Gasteiger charge is -2.42. The molecule has 2 aromatic heterocycles. The van der Waals surface area contributed by atoms with Crippen molar-refractivity contribution in [2.24, 2.45) is 0 Å². The number of rotatable bonds is 3. The van der Waals surface area contributed by atoms with E-state index in [2.05, 4.69) is 34.0 Å². The zero-order valence-corrected chi connectivity index (χ0v) is 16.2. The van der Waals surface area contributed by atoms with Gasteiger partial charge in [0.15, 0.2) is 11.6 Å². The molecule has 3 N–H and O–H groups in total. The fourth-order valence-corrected chi connectivity index (χ4v) is 4.20. The summed E-state index contributed by atoms with van der Waals surface area (Å²) in [5.41, 5.74) is 6.83. The van der Waals surface area contributed by atoms with E-state index in [1.54, 1.807) is 12.4 Å². The molecule has 2 fully saturated rings. The number of aromatic nitrogens is 4. The Bertz CT molecular complexity index is 881. The van der Waals surface area contributed by atoms with Crippen molar-refractivity contribution in [1.29, 1.82) is 0 Å². The molecule has 0 radical (unpaired) electrons. The molecule has 9 heteroatoms.